The molecule has 4 N–H and O–H groups in total. The Morgan fingerprint density at radius 1 is 1.19 bits per heavy atom. The van der Waals surface area contributed by atoms with Crippen molar-refractivity contribution in [3.63, 3.8) is 0 Å². The Morgan fingerprint density at radius 3 is 2.44 bits per heavy atom. The van der Waals surface area contributed by atoms with E-state index in [2.05, 4.69) is 24.8 Å². The minimum atomic E-state index is 0.175. The molecule has 1 aromatic rings. The fraction of sp³-hybridized carbons (Fsp3) is 0.556. The summed E-state index contributed by atoms with van der Waals surface area (Å²) in [6, 6.07) is 0. The lowest BCUT2D eigenvalue weighted by Crippen LogP contribution is -2.28. The van der Waals surface area contributed by atoms with Gasteiger partial charge < -0.3 is 16.4 Å². The van der Waals surface area contributed by atoms with Gasteiger partial charge in [-0.1, -0.05) is 0 Å². The average Bonchev–Trinajstić information content (AvgIpc) is 2.59. The van der Waals surface area contributed by atoms with E-state index in [4.69, 9.17) is 11.5 Å². The SMILES string of the molecule is CC1=NCCN1CCc1nc(N)nc(N)n1. The molecule has 1 aromatic heterocycles. The summed E-state index contributed by atoms with van der Waals surface area (Å²) in [6.45, 7) is 4.66. The van der Waals surface area contributed by atoms with E-state index >= 15 is 0 Å². The molecule has 86 valence electrons. The van der Waals surface area contributed by atoms with E-state index in [1.165, 1.54) is 0 Å². The van der Waals surface area contributed by atoms with Crippen molar-refractivity contribution in [2.24, 2.45) is 4.99 Å². The minimum absolute atomic E-state index is 0.175. The van der Waals surface area contributed by atoms with Crippen LogP contribution in [-0.4, -0.2) is 45.3 Å². The Labute approximate surface area is 93.6 Å². The van der Waals surface area contributed by atoms with Gasteiger partial charge in [0.15, 0.2) is 0 Å². The summed E-state index contributed by atoms with van der Waals surface area (Å²) in [4.78, 5) is 18.3. The van der Waals surface area contributed by atoms with Crippen molar-refractivity contribution in [1.82, 2.24) is 19.9 Å². The lowest BCUT2D eigenvalue weighted by atomic mass is 10.3. The Morgan fingerprint density at radius 2 is 1.88 bits per heavy atom. The molecule has 7 heteroatoms. The highest BCUT2D eigenvalue weighted by molar-refractivity contribution is 5.81. The second kappa shape index (κ2) is 4.30. The van der Waals surface area contributed by atoms with Crippen LogP contribution in [0.15, 0.2) is 4.99 Å². The van der Waals surface area contributed by atoms with Crippen molar-refractivity contribution >= 4 is 17.7 Å². The van der Waals surface area contributed by atoms with Gasteiger partial charge in [0.2, 0.25) is 11.9 Å². The largest absolute Gasteiger partial charge is 0.368 e. The van der Waals surface area contributed by atoms with Gasteiger partial charge in [-0.25, -0.2) is 0 Å². The van der Waals surface area contributed by atoms with Gasteiger partial charge in [-0.3, -0.25) is 4.99 Å². The van der Waals surface area contributed by atoms with E-state index in [1.54, 1.807) is 0 Å². The molecule has 0 aliphatic carbocycles. The number of hydrogen-bond acceptors (Lipinski definition) is 7. The molecular weight excluding hydrogens is 206 g/mol. The minimum Gasteiger partial charge on any atom is -0.368 e. The van der Waals surface area contributed by atoms with Crippen molar-refractivity contribution in [3.05, 3.63) is 5.82 Å². The molecular formula is C9H15N7. The second-order valence-corrected chi connectivity index (χ2v) is 3.63. The van der Waals surface area contributed by atoms with Gasteiger partial charge in [-0.05, 0) is 6.92 Å². The third kappa shape index (κ3) is 2.36. The molecule has 1 aliphatic rings. The number of hydrogen-bond donors (Lipinski definition) is 2. The highest BCUT2D eigenvalue weighted by Gasteiger charge is 2.12. The highest BCUT2D eigenvalue weighted by atomic mass is 15.2. The lowest BCUT2D eigenvalue weighted by molar-refractivity contribution is 0.454. The third-order valence-corrected chi connectivity index (χ3v) is 2.49. The zero-order chi connectivity index (χ0) is 11.5. The predicted octanol–water partition coefficient (Wildman–Crippen LogP) is -0.687. The summed E-state index contributed by atoms with van der Waals surface area (Å²) in [5.74, 6) is 2.04. The number of rotatable bonds is 3. The van der Waals surface area contributed by atoms with Crippen LogP contribution >= 0.6 is 0 Å². The van der Waals surface area contributed by atoms with Crippen LogP contribution in [0.4, 0.5) is 11.9 Å². The number of anilines is 2. The first-order valence-electron chi connectivity index (χ1n) is 5.17. The zero-order valence-electron chi connectivity index (χ0n) is 9.22. The number of aromatic nitrogens is 3. The second-order valence-electron chi connectivity index (χ2n) is 3.63. The van der Waals surface area contributed by atoms with Crippen LogP contribution in [0.2, 0.25) is 0 Å². The molecule has 0 amide bonds. The maximum atomic E-state index is 5.49. The Hall–Kier alpha value is -1.92. The van der Waals surface area contributed by atoms with E-state index in [1.807, 2.05) is 6.92 Å². The molecule has 0 aromatic carbocycles. The first-order chi connectivity index (χ1) is 7.65. The summed E-state index contributed by atoms with van der Waals surface area (Å²) >= 11 is 0. The van der Waals surface area contributed by atoms with E-state index in [9.17, 15) is 0 Å². The fourth-order valence-electron chi connectivity index (χ4n) is 1.67. The van der Waals surface area contributed by atoms with Crippen LogP contribution in [0.3, 0.4) is 0 Å². The van der Waals surface area contributed by atoms with E-state index in [0.717, 1.165) is 25.5 Å². The van der Waals surface area contributed by atoms with Crippen LogP contribution in [0.5, 0.6) is 0 Å². The monoisotopic (exact) mass is 221 g/mol. The van der Waals surface area contributed by atoms with Crippen molar-refractivity contribution in [1.29, 1.82) is 0 Å². The number of nitrogen functional groups attached to an aromatic ring is 2. The number of nitrogens with zero attached hydrogens (tertiary/aromatic N) is 5. The van der Waals surface area contributed by atoms with E-state index < -0.39 is 0 Å². The van der Waals surface area contributed by atoms with E-state index in [-0.39, 0.29) is 11.9 Å². The highest BCUT2D eigenvalue weighted by Crippen LogP contribution is 2.04. The zero-order valence-corrected chi connectivity index (χ0v) is 9.22. The molecule has 0 radical (unpaired) electrons. The Balaban J connectivity index is 1.97. The number of nitrogens with two attached hydrogens (primary N) is 2. The van der Waals surface area contributed by atoms with Crippen LogP contribution < -0.4 is 11.5 Å². The third-order valence-electron chi connectivity index (χ3n) is 2.49. The van der Waals surface area contributed by atoms with Gasteiger partial charge in [0.1, 0.15) is 5.82 Å². The number of amidine groups is 1. The first kappa shape index (κ1) is 10.6. The molecule has 2 heterocycles. The molecule has 0 unspecified atom stereocenters. The van der Waals surface area contributed by atoms with Crippen LogP contribution in [0.25, 0.3) is 0 Å². The van der Waals surface area contributed by atoms with E-state index in [0.29, 0.717) is 12.2 Å². The first-order valence-corrected chi connectivity index (χ1v) is 5.17. The molecule has 0 bridgehead atoms. The van der Waals surface area contributed by atoms with Crippen LogP contribution in [0, 0.1) is 0 Å². The van der Waals surface area contributed by atoms with Crippen molar-refractivity contribution < 1.29 is 0 Å². The average molecular weight is 221 g/mol. The maximum absolute atomic E-state index is 5.49. The predicted molar refractivity (Wildman–Crippen MR) is 61.9 cm³/mol. The molecule has 0 spiro atoms. The Kier molecular flexibility index (Phi) is 2.84. The topological polar surface area (TPSA) is 106 Å². The van der Waals surface area contributed by atoms with Gasteiger partial charge in [0.05, 0.1) is 12.4 Å². The lowest BCUT2D eigenvalue weighted by Gasteiger charge is -2.17. The summed E-state index contributed by atoms with van der Waals surface area (Å²) in [7, 11) is 0. The molecule has 0 saturated carbocycles. The fourth-order valence-corrected chi connectivity index (χ4v) is 1.67. The van der Waals surface area contributed by atoms with Gasteiger partial charge in [0, 0.05) is 19.5 Å². The standard InChI is InChI=1S/C9H15N7/c1-6-12-3-5-16(6)4-2-7-13-8(10)15-9(11)14-7/h2-5H2,1H3,(H4,10,11,13,14,15). The summed E-state index contributed by atoms with van der Waals surface area (Å²) in [5.41, 5.74) is 11.0. The molecule has 1 aliphatic heterocycles. The van der Waals surface area contributed by atoms with Gasteiger partial charge >= 0.3 is 0 Å². The van der Waals surface area contributed by atoms with Crippen molar-refractivity contribution in [2.75, 3.05) is 31.1 Å². The number of aliphatic imine (C=N–C) groups is 1. The molecule has 0 fully saturated rings. The maximum Gasteiger partial charge on any atom is 0.225 e. The Bertz CT molecular complexity index is 394. The van der Waals surface area contributed by atoms with Crippen molar-refractivity contribution in [2.45, 2.75) is 13.3 Å². The summed E-state index contributed by atoms with van der Waals surface area (Å²) in [5, 5.41) is 0. The van der Waals surface area contributed by atoms with Gasteiger partial charge in [-0.2, -0.15) is 15.0 Å². The molecule has 0 saturated heterocycles. The normalized spacial score (nSPS) is 15.3. The van der Waals surface area contributed by atoms with Gasteiger partial charge in [0.25, 0.3) is 0 Å². The summed E-state index contributed by atoms with van der Waals surface area (Å²) in [6.07, 6.45) is 0.698. The van der Waals surface area contributed by atoms with Crippen LogP contribution in [0.1, 0.15) is 12.7 Å². The quantitative estimate of drug-likeness (QED) is 0.700. The molecule has 2 rings (SSSR count). The molecule has 16 heavy (non-hydrogen) atoms. The van der Waals surface area contributed by atoms with Gasteiger partial charge in [-0.15, -0.1) is 0 Å². The molecule has 7 nitrogen and oxygen atoms in total. The summed E-state index contributed by atoms with van der Waals surface area (Å²) < 4.78 is 0. The molecule has 0 atom stereocenters. The van der Waals surface area contributed by atoms with Crippen LogP contribution in [-0.2, 0) is 6.42 Å². The smallest absolute Gasteiger partial charge is 0.225 e. The van der Waals surface area contributed by atoms with Crippen molar-refractivity contribution in [3.8, 4) is 0 Å².